The summed E-state index contributed by atoms with van der Waals surface area (Å²) in [4.78, 5) is 23.6. The summed E-state index contributed by atoms with van der Waals surface area (Å²) in [6.45, 7) is 2.15. The van der Waals surface area contributed by atoms with Gasteiger partial charge >= 0.3 is 0 Å². The van der Waals surface area contributed by atoms with Gasteiger partial charge in [0.15, 0.2) is 0 Å². The molecule has 0 atom stereocenters. The van der Waals surface area contributed by atoms with Crippen LogP contribution in [0.25, 0.3) is 0 Å². The van der Waals surface area contributed by atoms with Gasteiger partial charge in [-0.3, -0.25) is 4.79 Å². The zero-order valence-electron chi connectivity index (χ0n) is 8.55. The van der Waals surface area contributed by atoms with Gasteiger partial charge < -0.3 is 9.69 Å². The summed E-state index contributed by atoms with van der Waals surface area (Å²) in [6, 6.07) is 7.57. The molecule has 80 valence electrons. The molecule has 0 radical (unpaired) electrons. The molecule has 0 heterocycles. The van der Waals surface area contributed by atoms with E-state index < -0.39 is 0 Å². The van der Waals surface area contributed by atoms with Gasteiger partial charge in [-0.2, -0.15) is 0 Å². The van der Waals surface area contributed by atoms with Gasteiger partial charge in [-0.1, -0.05) is 19.1 Å². The number of amides is 1. The third-order valence-corrected chi connectivity index (χ3v) is 2.82. The predicted molar refractivity (Wildman–Crippen MR) is 62.3 cm³/mol. The molecule has 0 N–H and O–H groups in total. The molecule has 0 bridgehead atoms. The molecule has 1 amide bonds. The van der Waals surface area contributed by atoms with Crippen molar-refractivity contribution in [1.82, 2.24) is 0 Å². The first kappa shape index (κ1) is 11.8. The number of benzene rings is 1. The molecule has 0 saturated carbocycles. The fourth-order valence-electron chi connectivity index (χ4n) is 1.25. The van der Waals surface area contributed by atoms with E-state index in [0.29, 0.717) is 6.41 Å². The predicted octanol–water partition coefficient (Wildman–Crippen LogP) is 1.96. The first-order chi connectivity index (χ1) is 7.33. The van der Waals surface area contributed by atoms with E-state index in [9.17, 15) is 9.59 Å². The van der Waals surface area contributed by atoms with E-state index in [1.807, 2.05) is 31.2 Å². The van der Waals surface area contributed by atoms with Crippen molar-refractivity contribution in [3.05, 3.63) is 24.3 Å². The Kier molecular flexibility index (Phi) is 4.90. The maximum Gasteiger partial charge on any atom is 0.214 e. The highest BCUT2D eigenvalue weighted by Crippen LogP contribution is 2.28. The standard InChI is InChI=1S/C11H13NO2S/c1-2-15-11-6-4-3-5-10(11)12(9-14)7-8-13/h3-6,8-9H,2,7H2,1H3. The topological polar surface area (TPSA) is 37.4 Å². The number of aldehydes is 1. The van der Waals surface area contributed by atoms with Crippen LogP contribution in [0.15, 0.2) is 29.2 Å². The van der Waals surface area contributed by atoms with Crippen LogP contribution in [0.3, 0.4) is 0 Å². The summed E-state index contributed by atoms with van der Waals surface area (Å²) in [6.07, 6.45) is 1.41. The van der Waals surface area contributed by atoms with Crippen molar-refractivity contribution in [3.8, 4) is 0 Å². The van der Waals surface area contributed by atoms with E-state index in [4.69, 9.17) is 0 Å². The maximum atomic E-state index is 10.8. The molecule has 4 heteroatoms. The van der Waals surface area contributed by atoms with Crippen LogP contribution in [0, 0.1) is 0 Å². The molecule has 15 heavy (non-hydrogen) atoms. The van der Waals surface area contributed by atoms with Gasteiger partial charge in [0, 0.05) is 4.90 Å². The number of anilines is 1. The Bertz CT molecular complexity index is 341. The number of nitrogens with zero attached hydrogens (tertiary/aromatic N) is 1. The lowest BCUT2D eigenvalue weighted by atomic mass is 10.3. The average molecular weight is 223 g/mol. The number of carbonyl (C=O) groups excluding carboxylic acids is 2. The average Bonchev–Trinajstić information content (AvgIpc) is 2.27. The van der Waals surface area contributed by atoms with E-state index >= 15 is 0 Å². The number of thioether (sulfide) groups is 1. The van der Waals surface area contributed by atoms with Crippen LogP contribution < -0.4 is 4.90 Å². The highest BCUT2D eigenvalue weighted by atomic mass is 32.2. The molecular weight excluding hydrogens is 210 g/mol. The lowest BCUT2D eigenvalue weighted by molar-refractivity contribution is -0.111. The minimum atomic E-state index is 0.102. The van der Waals surface area contributed by atoms with E-state index in [1.165, 1.54) is 4.90 Å². The van der Waals surface area contributed by atoms with Crippen LogP contribution in [0.4, 0.5) is 5.69 Å². The van der Waals surface area contributed by atoms with Gasteiger partial charge in [-0.25, -0.2) is 0 Å². The summed E-state index contributed by atoms with van der Waals surface area (Å²) < 4.78 is 0. The Morgan fingerprint density at radius 2 is 2.07 bits per heavy atom. The minimum absolute atomic E-state index is 0.102. The summed E-state index contributed by atoms with van der Waals surface area (Å²) >= 11 is 1.65. The van der Waals surface area contributed by atoms with Gasteiger partial charge in [-0.05, 0) is 17.9 Å². The Labute approximate surface area is 93.5 Å². The number of carbonyl (C=O) groups is 2. The molecule has 0 aliphatic heterocycles. The summed E-state index contributed by atoms with van der Waals surface area (Å²) in [5.41, 5.74) is 0.798. The molecule has 3 nitrogen and oxygen atoms in total. The van der Waals surface area contributed by atoms with Crippen LogP contribution in [-0.4, -0.2) is 25.0 Å². The summed E-state index contributed by atoms with van der Waals surface area (Å²) in [5, 5.41) is 0. The van der Waals surface area contributed by atoms with Gasteiger partial charge in [0.25, 0.3) is 0 Å². The van der Waals surface area contributed by atoms with Crippen LogP contribution >= 0.6 is 11.8 Å². The monoisotopic (exact) mass is 223 g/mol. The van der Waals surface area contributed by atoms with Crippen molar-refractivity contribution >= 4 is 30.1 Å². The smallest absolute Gasteiger partial charge is 0.214 e. The largest absolute Gasteiger partial charge is 0.307 e. The fourth-order valence-corrected chi connectivity index (χ4v) is 2.07. The van der Waals surface area contributed by atoms with Crippen molar-refractivity contribution in [1.29, 1.82) is 0 Å². The Hall–Kier alpha value is -1.29. The van der Waals surface area contributed by atoms with E-state index in [0.717, 1.165) is 22.6 Å². The number of hydrogen-bond donors (Lipinski definition) is 0. The number of para-hydroxylation sites is 1. The third kappa shape index (κ3) is 3.09. The van der Waals surface area contributed by atoms with Crippen molar-refractivity contribution < 1.29 is 9.59 Å². The molecule has 0 spiro atoms. The van der Waals surface area contributed by atoms with Gasteiger partial charge in [0.1, 0.15) is 6.29 Å². The highest BCUT2D eigenvalue weighted by Gasteiger charge is 2.08. The lowest BCUT2D eigenvalue weighted by Gasteiger charge is -2.17. The number of rotatable bonds is 6. The van der Waals surface area contributed by atoms with Gasteiger partial charge in [0.2, 0.25) is 6.41 Å². The molecule has 0 fully saturated rings. The molecule has 0 aliphatic carbocycles. The first-order valence-corrected chi connectivity index (χ1v) is 5.69. The molecule has 1 aromatic rings. The Balaban J connectivity index is 2.98. The van der Waals surface area contributed by atoms with E-state index in [-0.39, 0.29) is 6.54 Å². The Morgan fingerprint density at radius 1 is 1.33 bits per heavy atom. The van der Waals surface area contributed by atoms with Gasteiger partial charge in [0.05, 0.1) is 12.2 Å². The minimum Gasteiger partial charge on any atom is -0.307 e. The zero-order chi connectivity index (χ0) is 11.1. The fraction of sp³-hybridized carbons (Fsp3) is 0.273. The molecule has 1 aromatic carbocycles. The highest BCUT2D eigenvalue weighted by molar-refractivity contribution is 7.99. The van der Waals surface area contributed by atoms with Crippen molar-refractivity contribution in [2.24, 2.45) is 0 Å². The molecule has 1 rings (SSSR count). The maximum absolute atomic E-state index is 10.8. The van der Waals surface area contributed by atoms with Crippen molar-refractivity contribution in [2.75, 3.05) is 17.2 Å². The second-order valence-electron chi connectivity index (χ2n) is 2.83. The number of hydrogen-bond acceptors (Lipinski definition) is 3. The zero-order valence-corrected chi connectivity index (χ0v) is 9.37. The quantitative estimate of drug-likeness (QED) is 0.546. The third-order valence-electron chi connectivity index (χ3n) is 1.87. The lowest BCUT2D eigenvalue weighted by Crippen LogP contribution is -2.23. The van der Waals surface area contributed by atoms with Crippen LogP contribution in [0.5, 0.6) is 0 Å². The van der Waals surface area contributed by atoms with Crippen molar-refractivity contribution in [2.45, 2.75) is 11.8 Å². The van der Waals surface area contributed by atoms with E-state index in [1.54, 1.807) is 11.8 Å². The molecule has 0 saturated heterocycles. The normalized spacial score (nSPS) is 9.67. The molecule has 0 aliphatic rings. The van der Waals surface area contributed by atoms with E-state index in [2.05, 4.69) is 0 Å². The summed E-state index contributed by atoms with van der Waals surface area (Å²) in [7, 11) is 0. The Morgan fingerprint density at radius 3 is 2.67 bits per heavy atom. The molecule has 0 unspecified atom stereocenters. The van der Waals surface area contributed by atoms with Crippen LogP contribution in [0.1, 0.15) is 6.92 Å². The molecular formula is C11H13NO2S. The molecule has 0 aromatic heterocycles. The second kappa shape index (κ2) is 6.24. The SMILES string of the molecule is CCSc1ccccc1N(C=O)CC=O. The van der Waals surface area contributed by atoms with Crippen LogP contribution in [0.2, 0.25) is 0 Å². The van der Waals surface area contributed by atoms with Gasteiger partial charge in [-0.15, -0.1) is 11.8 Å². The second-order valence-corrected chi connectivity index (χ2v) is 4.13. The van der Waals surface area contributed by atoms with Crippen LogP contribution in [-0.2, 0) is 9.59 Å². The van der Waals surface area contributed by atoms with Crippen molar-refractivity contribution in [3.63, 3.8) is 0 Å². The summed E-state index contributed by atoms with van der Waals surface area (Å²) in [5.74, 6) is 0.935. The first-order valence-electron chi connectivity index (χ1n) is 4.70.